The van der Waals surface area contributed by atoms with Crippen LogP contribution in [-0.4, -0.2) is 9.17 Å². The fourth-order valence-electron chi connectivity index (χ4n) is 0.475. The third-order valence-corrected chi connectivity index (χ3v) is 1.67. The van der Waals surface area contributed by atoms with Gasteiger partial charge in [-0.25, -0.2) is 4.07 Å². The highest BCUT2D eigenvalue weighted by atomic mass is 32.1. The molecular formula is C4H7N3S. The maximum atomic E-state index is 7.18. The molecule has 1 heterocycles. The van der Waals surface area contributed by atoms with Crippen LogP contribution in [0.4, 0.5) is 0 Å². The van der Waals surface area contributed by atoms with Gasteiger partial charge in [-0.3, -0.25) is 5.41 Å². The van der Waals surface area contributed by atoms with Gasteiger partial charge in [-0.2, -0.15) is 5.10 Å². The van der Waals surface area contributed by atoms with Gasteiger partial charge in [0.15, 0.2) is 0 Å². The molecule has 0 saturated heterocycles. The molecule has 4 heteroatoms. The van der Waals surface area contributed by atoms with Crippen LogP contribution in [0, 0.1) is 12.3 Å². The van der Waals surface area contributed by atoms with E-state index in [9.17, 15) is 0 Å². The largest absolute Gasteiger partial charge is 0.288 e. The SMILES string of the molecule is Cc1nn(C)sc1=N. The molecule has 3 nitrogen and oxygen atoms in total. The lowest BCUT2D eigenvalue weighted by Gasteiger charge is -1.77. The van der Waals surface area contributed by atoms with Crippen LogP contribution in [-0.2, 0) is 7.05 Å². The Balaban J connectivity index is 3.35. The molecule has 1 rings (SSSR count). The second kappa shape index (κ2) is 1.70. The molecule has 8 heavy (non-hydrogen) atoms. The minimum Gasteiger partial charge on any atom is -0.288 e. The number of aryl methyl sites for hydroxylation is 2. The second-order valence-electron chi connectivity index (χ2n) is 1.57. The van der Waals surface area contributed by atoms with Crippen LogP contribution in [0.25, 0.3) is 0 Å². The summed E-state index contributed by atoms with van der Waals surface area (Å²) in [6, 6.07) is 0. The number of rotatable bonds is 0. The van der Waals surface area contributed by atoms with E-state index < -0.39 is 0 Å². The first kappa shape index (κ1) is 5.50. The first-order valence-corrected chi connectivity index (χ1v) is 3.03. The van der Waals surface area contributed by atoms with Gasteiger partial charge in [-0.1, -0.05) is 0 Å². The maximum Gasteiger partial charge on any atom is 0.149 e. The molecule has 0 bridgehead atoms. The smallest absolute Gasteiger partial charge is 0.149 e. The van der Waals surface area contributed by atoms with E-state index in [2.05, 4.69) is 5.10 Å². The summed E-state index contributed by atoms with van der Waals surface area (Å²) in [5.74, 6) is 0. The summed E-state index contributed by atoms with van der Waals surface area (Å²) in [5.41, 5.74) is 0.803. The summed E-state index contributed by atoms with van der Waals surface area (Å²) < 4.78 is 2.23. The van der Waals surface area contributed by atoms with E-state index in [0.717, 1.165) is 5.69 Å². The van der Waals surface area contributed by atoms with E-state index in [4.69, 9.17) is 5.41 Å². The van der Waals surface area contributed by atoms with Crippen LogP contribution >= 0.6 is 11.5 Å². The minimum atomic E-state index is 0.549. The number of hydrogen-bond acceptors (Lipinski definition) is 3. The maximum absolute atomic E-state index is 7.18. The van der Waals surface area contributed by atoms with E-state index in [-0.39, 0.29) is 0 Å². The summed E-state index contributed by atoms with van der Waals surface area (Å²) in [4.78, 5) is 0. The molecule has 1 N–H and O–H groups in total. The van der Waals surface area contributed by atoms with Gasteiger partial charge in [0.2, 0.25) is 0 Å². The monoisotopic (exact) mass is 129 g/mol. The lowest BCUT2D eigenvalue weighted by atomic mass is 10.6. The van der Waals surface area contributed by atoms with Gasteiger partial charge in [0.1, 0.15) is 4.67 Å². The third kappa shape index (κ3) is 0.790. The number of aromatic nitrogens is 2. The van der Waals surface area contributed by atoms with Gasteiger partial charge in [-0.15, -0.1) is 0 Å². The van der Waals surface area contributed by atoms with E-state index in [1.807, 2.05) is 14.0 Å². The van der Waals surface area contributed by atoms with Crippen molar-refractivity contribution in [3.63, 3.8) is 0 Å². The molecule has 0 atom stereocenters. The Morgan fingerprint density at radius 2 is 2.38 bits per heavy atom. The first-order valence-electron chi connectivity index (χ1n) is 2.26. The molecule has 0 amide bonds. The minimum absolute atomic E-state index is 0.549. The highest BCUT2D eigenvalue weighted by molar-refractivity contribution is 7.03. The van der Waals surface area contributed by atoms with Crippen molar-refractivity contribution in [2.45, 2.75) is 6.92 Å². The summed E-state index contributed by atoms with van der Waals surface area (Å²) in [5, 5.41) is 11.1. The van der Waals surface area contributed by atoms with Crippen molar-refractivity contribution in [2.24, 2.45) is 7.05 Å². The van der Waals surface area contributed by atoms with Crippen molar-refractivity contribution in [3.8, 4) is 0 Å². The fraction of sp³-hybridized carbons (Fsp3) is 0.500. The molecule has 0 radical (unpaired) electrons. The molecule has 0 saturated carbocycles. The predicted octanol–water partition coefficient (Wildman–Crippen LogP) is 0.269. The van der Waals surface area contributed by atoms with Crippen LogP contribution in [0.5, 0.6) is 0 Å². The highest BCUT2D eigenvalue weighted by Gasteiger charge is 1.90. The molecule has 1 aromatic heterocycles. The van der Waals surface area contributed by atoms with Gasteiger partial charge in [0, 0.05) is 7.05 Å². The Bertz CT molecular complexity index is 234. The van der Waals surface area contributed by atoms with E-state index in [1.165, 1.54) is 11.5 Å². The molecule has 0 aliphatic heterocycles. The van der Waals surface area contributed by atoms with Gasteiger partial charge >= 0.3 is 0 Å². The molecular weight excluding hydrogens is 122 g/mol. The van der Waals surface area contributed by atoms with Gasteiger partial charge in [0.05, 0.1) is 5.69 Å². The average Bonchev–Trinajstić information content (AvgIpc) is 1.85. The molecule has 1 aromatic rings. The quantitative estimate of drug-likeness (QED) is 0.536. The zero-order valence-electron chi connectivity index (χ0n) is 4.80. The van der Waals surface area contributed by atoms with Crippen LogP contribution in [0.2, 0.25) is 0 Å². The lowest BCUT2D eigenvalue weighted by molar-refractivity contribution is 0.820. The second-order valence-corrected chi connectivity index (χ2v) is 2.69. The molecule has 0 aliphatic rings. The summed E-state index contributed by atoms with van der Waals surface area (Å²) >= 11 is 1.34. The Morgan fingerprint density at radius 3 is 2.50 bits per heavy atom. The van der Waals surface area contributed by atoms with Crippen molar-refractivity contribution in [2.75, 3.05) is 0 Å². The molecule has 0 aromatic carbocycles. The third-order valence-electron chi connectivity index (χ3n) is 0.843. The zero-order valence-corrected chi connectivity index (χ0v) is 5.62. The zero-order chi connectivity index (χ0) is 6.15. The van der Waals surface area contributed by atoms with Gasteiger partial charge < -0.3 is 0 Å². The number of hydrogen-bond donors (Lipinski definition) is 1. The van der Waals surface area contributed by atoms with Crippen LogP contribution in [0.15, 0.2) is 0 Å². The topological polar surface area (TPSA) is 41.7 Å². The van der Waals surface area contributed by atoms with E-state index in [1.54, 1.807) is 4.07 Å². The fourth-order valence-corrected chi connectivity index (χ4v) is 1.08. The normalized spacial score (nSPS) is 9.75. The Labute approximate surface area is 51.2 Å². The molecule has 0 fully saturated rings. The summed E-state index contributed by atoms with van der Waals surface area (Å²) in [6.45, 7) is 1.83. The van der Waals surface area contributed by atoms with Crippen molar-refractivity contribution >= 4 is 11.5 Å². The van der Waals surface area contributed by atoms with Crippen molar-refractivity contribution in [1.82, 2.24) is 9.17 Å². The van der Waals surface area contributed by atoms with Gasteiger partial charge in [0.25, 0.3) is 0 Å². The van der Waals surface area contributed by atoms with Crippen LogP contribution in [0.1, 0.15) is 5.69 Å². The Hall–Kier alpha value is -0.640. The van der Waals surface area contributed by atoms with Crippen molar-refractivity contribution in [1.29, 1.82) is 5.41 Å². The molecule has 44 valence electrons. The van der Waals surface area contributed by atoms with Crippen molar-refractivity contribution in [3.05, 3.63) is 10.4 Å². The standard InChI is InChI=1S/C4H7N3S/c1-3-4(5)8-7(2)6-3/h5H,1-2H3. The van der Waals surface area contributed by atoms with Gasteiger partial charge in [-0.05, 0) is 18.5 Å². The molecule has 0 unspecified atom stereocenters. The molecule has 0 spiro atoms. The van der Waals surface area contributed by atoms with Crippen LogP contribution < -0.4 is 4.67 Å². The summed E-state index contributed by atoms with van der Waals surface area (Å²) in [6.07, 6.45) is 0. The van der Waals surface area contributed by atoms with E-state index >= 15 is 0 Å². The van der Waals surface area contributed by atoms with Crippen molar-refractivity contribution < 1.29 is 0 Å². The predicted molar refractivity (Wildman–Crippen MR) is 31.7 cm³/mol. The van der Waals surface area contributed by atoms with E-state index in [0.29, 0.717) is 4.67 Å². The highest BCUT2D eigenvalue weighted by Crippen LogP contribution is 1.85. The number of nitrogens with zero attached hydrogens (tertiary/aromatic N) is 2. The Kier molecular flexibility index (Phi) is 1.17. The summed E-state index contributed by atoms with van der Waals surface area (Å²) in [7, 11) is 1.83. The molecule has 0 aliphatic carbocycles. The average molecular weight is 129 g/mol. The number of nitrogens with one attached hydrogen (secondary N) is 1. The van der Waals surface area contributed by atoms with Crippen LogP contribution in [0.3, 0.4) is 0 Å². The lowest BCUT2D eigenvalue weighted by Crippen LogP contribution is -1.92. The Morgan fingerprint density at radius 1 is 1.75 bits per heavy atom. The first-order chi connectivity index (χ1) is 3.70.